The largest absolute Gasteiger partial charge is 0.508 e. The van der Waals surface area contributed by atoms with E-state index in [4.69, 9.17) is 14.9 Å². The van der Waals surface area contributed by atoms with Crippen molar-refractivity contribution < 1.29 is 24.9 Å². The van der Waals surface area contributed by atoms with Crippen LogP contribution in [0.2, 0.25) is 0 Å². The molecule has 0 saturated heterocycles. The van der Waals surface area contributed by atoms with Crippen LogP contribution >= 0.6 is 40.4 Å². The maximum absolute atomic E-state index is 10.8. The highest BCUT2D eigenvalue weighted by Gasteiger charge is 2.12. The molecule has 3 aromatic carbocycles. The van der Waals surface area contributed by atoms with Gasteiger partial charge in [-0.1, -0.05) is 31.2 Å². The number of hydrogen-bond donors (Lipinski definition) is 3. The topological polar surface area (TPSA) is 87.0 Å². The SMILES string of the molecule is CCPCc1cc(Br)c(Oc2ccc(O)c(Cc3ccc(C=O)cc3)c2)c(Br)c1.CO.CO. The predicted molar refractivity (Wildman–Crippen MR) is 144 cm³/mol. The number of hydrogen-bond acceptors (Lipinski definition) is 5. The first kappa shape index (κ1) is 29.3. The quantitative estimate of drug-likeness (QED) is 0.202. The van der Waals surface area contributed by atoms with Gasteiger partial charge in [0.2, 0.25) is 0 Å². The van der Waals surface area contributed by atoms with Gasteiger partial charge in [-0.15, -0.1) is 8.58 Å². The van der Waals surface area contributed by atoms with Gasteiger partial charge in [0.05, 0.1) is 8.95 Å². The van der Waals surface area contributed by atoms with Crippen LogP contribution in [0.3, 0.4) is 0 Å². The second-order valence-electron chi connectivity index (χ2n) is 6.60. The molecule has 0 aromatic heterocycles. The first-order valence-corrected chi connectivity index (χ1v) is 13.1. The van der Waals surface area contributed by atoms with E-state index in [1.54, 1.807) is 24.3 Å². The Hall–Kier alpha value is -1.76. The van der Waals surface area contributed by atoms with Crippen molar-refractivity contribution in [1.82, 2.24) is 0 Å². The number of phenolic OH excluding ortho intramolecular Hbond substituents is 1. The van der Waals surface area contributed by atoms with E-state index in [1.807, 2.05) is 18.2 Å². The Bertz CT molecular complexity index is 987. The van der Waals surface area contributed by atoms with E-state index >= 15 is 0 Å². The van der Waals surface area contributed by atoms with Gasteiger partial charge in [-0.3, -0.25) is 4.79 Å². The van der Waals surface area contributed by atoms with Gasteiger partial charge in [-0.2, -0.15) is 0 Å². The van der Waals surface area contributed by atoms with Crippen molar-refractivity contribution in [3.63, 3.8) is 0 Å². The third-order valence-electron chi connectivity index (χ3n) is 4.42. The molecule has 0 bridgehead atoms. The van der Waals surface area contributed by atoms with Crippen LogP contribution in [0.15, 0.2) is 63.5 Å². The van der Waals surface area contributed by atoms with Crippen LogP contribution in [0, 0.1) is 0 Å². The molecule has 0 aliphatic carbocycles. The third-order valence-corrected chi connectivity index (χ3v) is 6.75. The van der Waals surface area contributed by atoms with E-state index in [0.29, 0.717) is 23.5 Å². The summed E-state index contributed by atoms with van der Waals surface area (Å²) in [6, 6.07) is 16.7. The number of carbonyl (C=O) groups excluding carboxylic acids is 1. The standard InChI is InChI=1S/C23H21Br2O3P.2CH4O/c1-2-29-14-17-10-20(24)23(21(25)11-17)28-19-7-8-22(27)18(12-19)9-15-3-5-16(13-26)6-4-15;2*1-2/h3-8,10-13,27,29H,2,9,14H2,1H3;2*2H,1H3. The summed E-state index contributed by atoms with van der Waals surface area (Å²) in [6.45, 7) is 2.19. The monoisotopic (exact) mass is 598 g/mol. The number of aliphatic hydroxyl groups excluding tert-OH is 2. The van der Waals surface area contributed by atoms with Crippen LogP contribution in [0.25, 0.3) is 0 Å². The molecular formula is C25H29Br2O5P. The first-order chi connectivity index (χ1) is 16.0. The maximum Gasteiger partial charge on any atom is 0.155 e. The molecule has 33 heavy (non-hydrogen) atoms. The van der Waals surface area contributed by atoms with Crippen molar-refractivity contribution in [1.29, 1.82) is 0 Å². The number of aldehydes is 1. The summed E-state index contributed by atoms with van der Waals surface area (Å²) in [5.41, 5.74) is 3.66. The minimum absolute atomic E-state index is 0.214. The van der Waals surface area contributed by atoms with Gasteiger partial charge in [0.1, 0.15) is 17.8 Å². The van der Waals surface area contributed by atoms with Crippen molar-refractivity contribution >= 4 is 46.7 Å². The number of aromatic hydroxyl groups is 1. The van der Waals surface area contributed by atoms with Gasteiger partial charge < -0.3 is 20.1 Å². The lowest BCUT2D eigenvalue weighted by Gasteiger charge is -2.14. The fraction of sp³-hybridized carbons (Fsp3) is 0.240. The highest BCUT2D eigenvalue weighted by Crippen LogP contribution is 2.40. The molecule has 1 atom stereocenters. The van der Waals surface area contributed by atoms with Crippen LogP contribution in [-0.2, 0) is 12.6 Å². The fourth-order valence-electron chi connectivity index (χ4n) is 2.90. The van der Waals surface area contributed by atoms with Crippen LogP contribution in [0.4, 0.5) is 0 Å². The molecule has 3 aromatic rings. The zero-order chi connectivity index (χ0) is 24.8. The van der Waals surface area contributed by atoms with Crippen molar-refractivity contribution in [2.75, 3.05) is 20.4 Å². The highest BCUT2D eigenvalue weighted by atomic mass is 79.9. The van der Waals surface area contributed by atoms with Gasteiger partial charge >= 0.3 is 0 Å². The summed E-state index contributed by atoms with van der Waals surface area (Å²) < 4.78 is 7.90. The minimum Gasteiger partial charge on any atom is -0.508 e. The number of phenols is 1. The molecular weight excluding hydrogens is 571 g/mol. The molecule has 0 aliphatic heterocycles. The third kappa shape index (κ3) is 9.19. The Morgan fingerprint density at radius 1 is 0.909 bits per heavy atom. The van der Waals surface area contributed by atoms with E-state index in [2.05, 4.69) is 50.9 Å². The van der Waals surface area contributed by atoms with Crippen molar-refractivity contribution in [3.8, 4) is 17.2 Å². The Labute approximate surface area is 213 Å². The van der Waals surface area contributed by atoms with Crippen molar-refractivity contribution in [3.05, 3.63) is 85.8 Å². The molecule has 1 unspecified atom stereocenters. The summed E-state index contributed by atoms with van der Waals surface area (Å²) in [5.74, 6) is 1.57. The predicted octanol–water partition coefficient (Wildman–Crippen LogP) is 6.53. The number of benzene rings is 3. The Kier molecular flexibility index (Phi) is 14.2. The summed E-state index contributed by atoms with van der Waals surface area (Å²) in [4.78, 5) is 10.8. The molecule has 0 aliphatic rings. The van der Waals surface area contributed by atoms with E-state index in [0.717, 1.165) is 55.3 Å². The number of carbonyl (C=O) groups is 1. The Morgan fingerprint density at radius 2 is 1.52 bits per heavy atom. The summed E-state index contributed by atoms with van der Waals surface area (Å²) in [5, 5.41) is 24.3. The van der Waals surface area contributed by atoms with Crippen molar-refractivity contribution in [2.24, 2.45) is 0 Å². The van der Waals surface area contributed by atoms with Crippen LogP contribution in [0.1, 0.15) is 34.0 Å². The molecule has 8 heteroatoms. The summed E-state index contributed by atoms with van der Waals surface area (Å²) in [6.07, 6.45) is 3.60. The zero-order valence-corrected chi connectivity index (χ0v) is 23.0. The molecule has 0 fully saturated rings. The van der Waals surface area contributed by atoms with Gasteiger partial charge in [0.15, 0.2) is 5.75 Å². The van der Waals surface area contributed by atoms with E-state index in [-0.39, 0.29) is 5.75 Å². The average Bonchev–Trinajstić information content (AvgIpc) is 2.85. The molecule has 0 saturated carbocycles. The zero-order valence-electron chi connectivity index (χ0n) is 18.8. The molecule has 0 amide bonds. The van der Waals surface area contributed by atoms with Gasteiger partial charge in [0, 0.05) is 31.8 Å². The van der Waals surface area contributed by atoms with Crippen LogP contribution < -0.4 is 4.74 Å². The second-order valence-corrected chi connectivity index (χ2v) is 9.87. The van der Waals surface area contributed by atoms with Crippen LogP contribution in [-0.4, -0.2) is 42.0 Å². The Balaban J connectivity index is 0.00000129. The smallest absolute Gasteiger partial charge is 0.155 e. The number of halogens is 2. The highest BCUT2D eigenvalue weighted by molar-refractivity contribution is 9.11. The van der Waals surface area contributed by atoms with Crippen molar-refractivity contribution in [2.45, 2.75) is 19.5 Å². The lowest BCUT2D eigenvalue weighted by molar-refractivity contribution is 0.112. The van der Waals surface area contributed by atoms with E-state index in [1.165, 1.54) is 11.7 Å². The summed E-state index contributed by atoms with van der Waals surface area (Å²) >= 11 is 7.24. The Morgan fingerprint density at radius 3 is 2.06 bits per heavy atom. The van der Waals surface area contributed by atoms with E-state index < -0.39 is 0 Å². The van der Waals surface area contributed by atoms with E-state index in [9.17, 15) is 9.90 Å². The average molecular weight is 600 g/mol. The molecule has 0 spiro atoms. The van der Waals surface area contributed by atoms with Gasteiger partial charge in [-0.05, 0) is 85.6 Å². The molecule has 0 heterocycles. The lowest BCUT2D eigenvalue weighted by atomic mass is 10.0. The molecule has 3 N–H and O–H groups in total. The number of ether oxygens (including phenoxy) is 1. The molecule has 5 nitrogen and oxygen atoms in total. The maximum atomic E-state index is 10.8. The summed E-state index contributed by atoms with van der Waals surface area (Å²) in [7, 11) is 2.91. The van der Waals surface area contributed by atoms with Gasteiger partial charge in [0.25, 0.3) is 0 Å². The van der Waals surface area contributed by atoms with Crippen LogP contribution in [0.5, 0.6) is 17.2 Å². The number of aliphatic hydroxyl groups is 2. The fourth-order valence-corrected chi connectivity index (χ4v) is 5.09. The normalized spacial score (nSPS) is 10.2. The second kappa shape index (κ2) is 16.0. The molecule has 3 rings (SSSR count). The van der Waals surface area contributed by atoms with Gasteiger partial charge in [-0.25, -0.2) is 0 Å². The first-order valence-electron chi connectivity index (χ1n) is 10.1. The molecule has 0 radical (unpaired) electrons. The lowest BCUT2D eigenvalue weighted by Crippen LogP contribution is -1.93. The number of rotatable bonds is 8. The molecule has 178 valence electrons. The minimum atomic E-state index is 0.214.